The molecule has 2 rings (SSSR count). The molecule has 1 aliphatic heterocycles. The Labute approximate surface area is 101 Å². The van der Waals surface area contributed by atoms with Crippen LogP contribution in [0, 0.1) is 12.8 Å². The number of amides is 1. The quantitative estimate of drug-likeness (QED) is 0.837. The van der Waals surface area contributed by atoms with Crippen molar-refractivity contribution in [3.05, 3.63) is 29.6 Å². The summed E-state index contributed by atoms with van der Waals surface area (Å²) in [5, 5.41) is 9.06. The van der Waals surface area contributed by atoms with Crippen LogP contribution in [0.2, 0.25) is 0 Å². The van der Waals surface area contributed by atoms with Crippen molar-refractivity contribution in [1.29, 1.82) is 0 Å². The highest BCUT2D eigenvalue weighted by Gasteiger charge is 2.23. The maximum absolute atomic E-state index is 12.2. The Morgan fingerprint density at radius 3 is 2.76 bits per heavy atom. The summed E-state index contributed by atoms with van der Waals surface area (Å²) in [5.74, 6) is 0.410. The Hall–Kier alpha value is -1.42. The number of carbonyl (C=O) groups excluding carboxylic acids is 1. The van der Waals surface area contributed by atoms with Crippen LogP contribution in [0.4, 0.5) is 0 Å². The molecule has 17 heavy (non-hydrogen) atoms. The SMILES string of the molecule is Cc1cncc(C(=O)N2CCC(CO)CC2)c1. The van der Waals surface area contributed by atoms with E-state index in [2.05, 4.69) is 4.98 Å². The third-order valence-corrected chi connectivity index (χ3v) is 3.28. The van der Waals surface area contributed by atoms with E-state index in [1.807, 2.05) is 17.9 Å². The lowest BCUT2D eigenvalue weighted by molar-refractivity contribution is 0.0650. The van der Waals surface area contributed by atoms with E-state index in [0.29, 0.717) is 11.5 Å². The number of aromatic nitrogens is 1. The fraction of sp³-hybridized carbons (Fsp3) is 0.538. The molecule has 1 aromatic rings. The van der Waals surface area contributed by atoms with E-state index in [1.165, 1.54) is 0 Å². The van der Waals surface area contributed by atoms with Gasteiger partial charge in [-0.05, 0) is 37.3 Å². The molecule has 0 radical (unpaired) electrons. The lowest BCUT2D eigenvalue weighted by Gasteiger charge is -2.31. The second-order valence-corrected chi connectivity index (χ2v) is 4.67. The van der Waals surface area contributed by atoms with Gasteiger partial charge in [0, 0.05) is 32.1 Å². The number of pyridine rings is 1. The lowest BCUT2D eigenvalue weighted by Crippen LogP contribution is -2.39. The standard InChI is InChI=1S/C13H18N2O2/c1-10-6-12(8-14-7-10)13(17)15-4-2-11(9-16)3-5-15/h6-8,11,16H,2-5,9H2,1H3. The first-order chi connectivity index (χ1) is 8.20. The van der Waals surface area contributed by atoms with Gasteiger partial charge in [0.1, 0.15) is 0 Å². The average Bonchev–Trinajstić information content (AvgIpc) is 2.38. The van der Waals surface area contributed by atoms with E-state index in [9.17, 15) is 4.79 Å². The molecule has 1 aromatic heterocycles. The number of aryl methyl sites for hydroxylation is 1. The van der Waals surface area contributed by atoms with E-state index in [4.69, 9.17) is 5.11 Å². The number of hydrogen-bond acceptors (Lipinski definition) is 3. The van der Waals surface area contributed by atoms with Crippen LogP contribution in [0.15, 0.2) is 18.5 Å². The maximum atomic E-state index is 12.2. The second-order valence-electron chi connectivity index (χ2n) is 4.67. The predicted octanol–water partition coefficient (Wildman–Crippen LogP) is 1.23. The highest BCUT2D eigenvalue weighted by atomic mass is 16.3. The number of rotatable bonds is 2. The first-order valence-electron chi connectivity index (χ1n) is 6.02. The summed E-state index contributed by atoms with van der Waals surface area (Å²) in [4.78, 5) is 18.1. The molecule has 1 saturated heterocycles. The van der Waals surface area contributed by atoms with Crippen LogP contribution in [-0.2, 0) is 0 Å². The van der Waals surface area contributed by atoms with Crippen LogP contribution >= 0.6 is 0 Å². The van der Waals surface area contributed by atoms with Crippen LogP contribution < -0.4 is 0 Å². The number of carbonyl (C=O) groups is 1. The molecule has 0 atom stereocenters. The van der Waals surface area contributed by atoms with Crippen molar-refractivity contribution >= 4 is 5.91 Å². The number of nitrogens with zero attached hydrogens (tertiary/aromatic N) is 2. The number of aliphatic hydroxyl groups excluding tert-OH is 1. The molecule has 2 heterocycles. The Balaban J connectivity index is 2.02. The molecule has 1 aliphatic rings. The van der Waals surface area contributed by atoms with Crippen LogP contribution in [0.3, 0.4) is 0 Å². The minimum atomic E-state index is 0.0533. The van der Waals surface area contributed by atoms with Crippen molar-refractivity contribution in [2.45, 2.75) is 19.8 Å². The molecule has 92 valence electrons. The van der Waals surface area contributed by atoms with E-state index in [-0.39, 0.29) is 12.5 Å². The van der Waals surface area contributed by atoms with Gasteiger partial charge in [0.25, 0.3) is 5.91 Å². The number of piperidine rings is 1. The number of hydrogen-bond donors (Lipinski definition) is 1. The highest BCUT2D eigenvalue weighted by molar-refractivity contribution is 5.94. The molecule has 0 unspecified atom stereocenters. The zero-order valence-electron chi connectivity index (χ0n) is 10.1. The van der Waals surface area contributed by atoms with Gasteiger partial charge in [-0.15, -0.1) is 0 Å². The molecule has 0 bridgehead atoms. The maximum Gasteiger partial charge on any atom is 0.255 e. The summed E-state index contributed by atoms with van der Waals surface area (Å²) < 4.78 is 0. The third kappa shape index (κ3) is 2.82. The van der Waals surface area contributed by atoms with Gasteiger partial charge in [-0.2, -0.15) is 0 Å². The summed E-state index contributed by atoms with van der Waals surface area (Å²) in [6, 6.07) is 1.87. The minimum absolute atomic E-state index is 0.0533. The number of aliphatic hydroxyl groups is 1. The van der Waals surface area contributed by atoms with Gasteiger partial charge < -0.3 is 10.0 Å². The van der Waals surface area contributed by atoms with E-state index in [1.54, 1.807) is 12.4 Å². The van der Waals surface area contributed by atoms with E-state index in [0.717, 1.165) is 31.5 Å². The first kappa shape index (κ1) is 12.0. The molecule has 4 heteroatoms. The summed E-state index contributed by atoms with van der Waals surface area (Å²) in [6.07, 6.45) is 5.14. The summed E-state index contributed by atoms with van der Waals surface area (Å²) in [5.41, 5.74) is 1.66. The van der Waals surface area contributed by atoms with Crippen molar-refractivity contribution < 1.29 is 9.90 Å². The normalized spacial score (nSPS) is 17.2. The molecular weight excluding hydrogens is 216 g/mol. The Morgan fingerprint density at radius 1 is 1.47 bits per heavy atom. The molecule has 1 N–H and O–H groups in total. The zero-order valence-corrected chi connectivity index (χ0v) is 10.1. The summed E-state index contributed by atoms with van der Waals surface area (Å²) in [6.45, 7) is 3.63. The monoisotopic (exact) mass is 234 g/mol. The van der Waals surface area contributed by atoms with Crippen LogP contribution in [0.5, 0.6) is 0 Å². The van der Waals surface area contributed by atoms with Gasteiger partial charge in [-0.3, -0.25) is 9.78 Å². The van der Waals surface area contributed by atoms with Gasteiger partial charge in [0.15, 0.2) is 0 Å². The Bertz CT molecular complexity index is 398. The molecule has 0 saturated carbocycles. The van der Waals surface area contributed by atoms with Crippen molar-refractivity contribution in [1.82, 2.24) is 9.88 Å². The first-order valence-corrected chi connectivity index (χ1v) is 6.02. The van der Waals surface area contributed by atoms with Crippen molar-refractivity contribution in [2.75, 3.05) is 19.7 Å². The van der Waals surface area contributed by atoms with Crippen molar-refractivity contribution in [2.24, 2.45) is 5.92 Å². The molecule has 0 aliphatic carbocycles. The molecule has 1 amide bonds. The minimum Gasteiger partial charge on any atom is -0.396 e. The van der Waals surface area contributed by atoms with Gasteiger partial charge in [-0.1, -0.05) is 0 Å². The van der Waals surface area contributed by atoms with E-state index < -0.39 is 0 Å². The van der Waals surface area contributed by atoms with Gasteiger partial charge in [-0.25, -0.2) is 0 Å². The molecule has 0 spiro atoms. The fourth-order valence-electron chi connectivity index (χ4n) is 2.17. The third-order valence-electron chi connectivity index (χ3n) is 3.28. The topological polar surface area (TPSA) is 53.4 Å². The molecular formula is C13H18N2O2. The van der Waals surface area contributed by atoms with Crippen LogP contribution in [0.25, 0.3) is 0 Å². The zero-order chi connectivity index (χ0) is 12.3. The van der Waals surface area contributed by atoms with Gasteiger partial charge >= 0.3 is 0 Å². The summed E-state index contributed by atoms with van der Waals surface area (Å²) >= 11 is 0. The average molecular weight is 234 g/mol. The molecule has 1 fully saturated rings. The predicted molar refractivity (Wildman–Crippen MR) is 64.7 cm³/mol. The van der Waals surface area contributed by atoms with Crippen molar-refractivity contribution in [3.8, 4) is 0 Å². The van der Waals surface area contributed by atoms with Gasteiger partial charge in [0.05, 0.1) is 5.56 Å². The highest BCUT2D eigenvalue weighted by Crippen LogP contribution is 2.18. The van der Waals surface area contributed by atoms with Crippen LogP contribution in [-0.4, -0.2) is 40.6 Å². The Morgan fingerprint density at radius 2 is 2.18 bits per heavy atom. The van der Waals surface area contributed by atoms with Crippen molar-refractivity contribution in [3.63, 3.8) is 0 Å². The van der Waals surface area contributed by atoms with Crippen LogP contribution in [0.1, 0.15) is 28.8 Å². The fourth-order valence-corrected chi connectivity index (χ4v) is 2.17. The van der Waals surface area contributed by atoms with Gasteiger partial charge in [0.2, 0.25) is 0 Å². The molecule has 0 aromatic carbocycles. The second kappa shape index (κ2) is 5.27. The molecule has 4 nitrogen and oxygen atoms in total. The summed E-state index contributed by atoms with van der Waals surface area (Å²) in [7, 11) is 0. The largest absolute Gasteiger partial charge is 0.396 e. The lowest BCUT2D eigenvalue weighted by atomic mass is 9.97. The Kier molecular flexibility index (Phi) is 3.74. The van der Waals surface area contributed by atoms with E-state index >= 15 is 0 Å². The number of likely N-dealkylation sites (tertiary alicyclic amines) is 1. The smallest absolute Gasteiger partial charge is 0.255 e.